The van der Waals surface area contributed by atoms with Crippen LogP contribution in [0.1, 0.15) is 35.3 Å². The molecular formula is C22H25ClN2. The predicted molar refractivity (Wildman–Crippen MR) is 107 cm³/mol. The smallest absolute Gasteiger partial charge is 0.0675 e. The van der Waals surface area contributed by atoms with Crippen molar-refractivity contribution < 1.29 is 0 Å². The zero-order valence-corrected chi connectivity index (χ0v) is 16.0. The largest absolute Gasteiger partial charge is 0.343 e. The second-order valence-electron chi connectivity index (χ2n) is 7.23. The second-order valence-corrected chi connectivity index (χ2v) is 7.64. The molecule has 0 N–H and O–H groups in total. The Bertz CT molecular complexity index is 925. The highest BCUT2D eigenvalue weighted by Gasteiger charge is 2.28. The van der Waals surface area contributed by atoms with Crippen LogP contribution in [0.4, 0.5) is 0 Å². The van der Waals surface area contributed by atoms with Crippen LogP contribution < -0.4 is 0 Å². The van der Waals surface area contributed by atoms with Crippen molar-refractivity contribution in [3.63, 3.8) is 0 Å². The van der Waals surface area contributed by atoms with Crippen molar-refractivity contribution in [2.45, 2.75) is 39.3 Å². The number of aryl methyl sites for hydroxylation is 3. The van der Waals surface area contributed by atoms with Gasteiger partial charge in [0.2, 0.25) is 0 Å². The summed E-state index contributed by atoms with van der Waals surface area (Å²) in [6.45, 7) is 6.59. The Morgan fingerprint density at radius 1 is 1.12 bits per heavy atom. The molecule has 0 amide bonds. The van der Waals surface area contributed by atoms with Crippen LogP contribution in [-0.2, 0) is 19.4 Å². The van der Waals surface area contributed by atoms with E-state index in [0.717, 1.165) is 31.0 Å². The highest BCUT2D eigenvalue weighted by Crippen LogP contribution is 2.39. The van der Waals surface area contributed by atoms with E-state index in [2.05, 4.69) is 66.8 Å². The number of benzene rings is 2. The summed E-state index contributed by atoms with van der Waals surface area (Å²) in [6.07, 6.45) is 2.13. The topological polar surface area (TPSA) is 8.17 Å². The Morgan fingerprint density at radius 2 is 1.92 bits per heavy atom. The number of likely N-dealkylation sites (N-methyl/N-ethyl adjacent to an activating group) is 1. The lowest BCUT2D eigenvalue weighted by atomic mass is 9.97. The molecule has 1 aliphatic rings. The van der Waals surface area contributed by atoms with Gasteiger partial charge in [-0.25, -0.2) is 0 Å². The normalized spacial score (nSPS) is 17.8. The molecule has 2 heterocycles. The third kappa shape index (κ3) is 2.78. The van der Waals surface area contributed by atoms with Gasteiger partial charge in [-0.05, 0) is 50.1 Å². The summed E-state index contributed by atoms with van der Waals surface area (Å²) in [6, 6.07) is 15.5. The fourth-order valence-electron chi connectivity index (χ4n) is 4.24. The van der Waals surface area contributed by atoms with Crippen molar-refractivity contribution >= 4 is 22.5 Å². The second kappa shape index (κ2) is 6.51. The molecule has 0 bridgehead atoms. The highest BCUT2D eigenvalue weighted by atomic mass is 35.5. The first kappa shape index (κ1) is 16.7. The van der Waals surface area contributed by atoms with Crippen molar-refractivity contribution in [3.8, 4) is 0 Å². The first-order valence-corrected chi connectivity index (χ1v) is 9.50. The standard InChI is InChI=1S/C22H25ClN2/c1-15-7-4-5-8-17(15)11-14-25-20-12-13-24(3)16(2)21(20)18-9-6-10-19(23)22(18)25/h4-10,16H,11-14H2,1-3H3. The molecule has 25 heavy (non-hydrogen) atoms. The molecule has 3 heteroatoms. The lowest BCUT2D eigenvalue weighted by molar-refractivity contribution is 0.245. The SMILES string of the molecule is Cc1ccccc1CCn1c2c(c3cccc(Cl)c31)C(C)N(C)CC2. The quantitative estimate of drug-likeness (QED) is 0.613. The number of para-hydroxylation sites is 1. The summed E-state index contributed by atoms with van der Waals surface area (Å²) >= 11 is 6.64. The fourth-order valence-corrected chi connectivity index (χ4v) is 4.52. The zero-order chi connectivity index (χ0) is 17.6. The van der Waals surface area contributed by atoms with E-state index in [1.54, 1.807) is 0 Å². The Balaban J connectivity index is 1.82. The first-order valence-electron chi connectivity index (χ1n) is 9.12. The van der Waals surface area contributed by atoms with Crippen LogP contribution in [0.15, 0.2) is 42.5 Å². The summed E-state index contributed by atoms with van der Waals surface area (Å²) in [5.74, 6) is 0. The maximum atomic E-state index is 6.64. The van der Waals surface area contributed by atoms with Gasteiger partial charge in [-0.2, -0.15) is 0 Å². The summed E-state index contributed by atoms with van der Waals surface area (Å²) in [4.78, 5) is 2.44. The molecule has 2 aromatic carbocycles. The zero-order valence-electron chi connectivity index (χ0n) is 15.2. The maximum Gasteiger partial charge on any atom is 0.0675 e. The summed E-state index contributed by atoms with van der Waals surface area (Å²) in [7, 11) is 2.22. The van der Waals surface area contributed by atoms with E-state index in [1.165, 1.54) is 33.3 Å². The van der Waals surface area contributed by atoms with E-state index in [4.69, 9.17) is 11.6 Å². The molecule has 1 atom stereocenters. The van der Waals surface area contributed by atoms with E-state index in [9.17, 15) is 0 Å². The van der Waals surface area contributed by atoms with Gasteiger partial charge >= 0.3 is 0 Å². The van der Waals surface area contributed by atoms with Crippen LogP contribution in [-0.4, -0.2) is 23.1 Å². The van der Waals surface area contributed by atoms with Gasteiger partial charge in [-0.3, -0.25) is 4.90 Å². The van der Waals surface area contributed by atoms with Gasteiger partial charge in [0, 0.05) is 36.6 Å². The van der Waals surface area contributed by atoms with Crippen LogP contribution in [0.3, 0.4) is 0 Å². The van der Waals surface area contributed by atoms with Crippen molar-refractivity contribution in [3.05, 3.63) is 69.9 Å². The number of fused-ring (bicyclic) bond motifs is 3. The predicted octanol–water partition coefficient (Wildman–Crippen LogP) is 5.39. The number of halogens is 1. The van der Waals surface area contributed by atoms with Gasteiger partial charge in [-0.15, -0.1) is 0 Å². The van der Waals surface area contributed by atoms with Crippen LogP contribution >= 0.6 is 11.6 Å². The van der Waals surface area contributed by atoms with Gasteiger partial charge in [0.15, 0.2) is 0 Å². The molecule has 0 saturated heterocycles. The molecule has 1 unspecified atom stereocenters. The summed E-state index contributed by atoms with van der Waals surface area (Å²) < 4.78 is 2.49. The minimum atomic E-state index is 0.435. The Hall–Kier alpha value is -1.77. The average molecular weight is 353 g/mol. The molecule has 0 fully saturated rings. The highest BCUT2D eigenvalue weighted by molar-refractivity contribution is 6.35. The molecular weight excluding hydrogens is 328 g/mol. The molecule has 2 nitrogen and oxygen atoms in total. The minimum Gasteiger partial charge on any atom is -0.343 e. The summed E-state index contributed by atoms with van der Waals surface area (Å²) in [5.41, 5.74) is 6.95. The fraction of sp³-hybridized carbons (Fsp3) is 0.364. The van der Waals surface area contributed by atoms with E-state index < -0.39 is 0 Å². The van der Waals surface area contributed by atoms with E-state index >= 15 is 0 Å². The molecule has 4 rings (SSSR count). The number of aromatic nitrogens is 1. The number of nitrogens with zero attached hydrogens (tertiary/aromatic N) is 2. The van der Waals surface area contributed by atoms with Crippen molar-refractivity contribution in [1.29, 1.82) is 0 Å². The van der Waals surface area contributed by atoms with Crippen molar-refractivity contribution in [2.75, 3.05) is 13.6 Å². The average Bonchev–Trinajstić information content (AvgIpc) is 2.93. The lowest BCUT2D eigenvalue weighted by Crippen LogP contribution is -2.31. The van der Waals surface area contributed by atoms with Crippen LogP contribution in [0.25, 0.3) is 10.9 Å². The van der Waals surface area contributed by atoms with E-state index in [1.807, 2.05) is 6.07 Å². The van der Waals surface area contributed by atoms with Gasteiger partial charge < -0.3 is 4.57 Å². The number of rotatable bonds is 3. The third-order valence-corrected chi connectivity index (χ3v) is 6.13. The Labute approximate surface area is 155 Å². The van der Waals surface area contributed by atoms with Gasteiger partial charge in [-0.1, -0.05) is 48.0 Å². The van der Waals surface area contributed by atoms with E-state index in [0.29, 0.717) is 6.04 Å². The van der Waals surface area contributed by atoms with Gasteiger partial charge in [0.25, 0.3) is 0 Å². The molecule has 0 spiro atoms. The van der Waals surface area contributed by atoms with Gasteiger partial charge in [0.1, 0.15) is 0 Å². The molecule has 0 aliphatic carbocycles. The van der Waals surface area contributed by atoms with Gasteiger partial charge in [0.05, 0.1) is 10.5 Å². The Kier molecular flexibility index (Phi) is 4.35. The van der Waals surface area contributed by atoms with Crippen LogP contribution in [0.5, 0.6) is 0 Å². The molecule has 0 saturated carbocycles. The molecule has 3 aromatic rings. The molecule has 130 valence electrons. The van der Waals surface area contributed by atoms with E-state index in [-0.39, 0.29) is 0 Å². The monoisotopic (exact) mass is 352 g/mol. The molecule has 0 radical (unpaired) electrons. The minimum absolute atomic E-state index is 0.435. The van der Waals surface area contributed by atoms with Crippen LogP contribution in [0, 0.1) is 6.92 Å². The summed E-state index contributed by atoms with van der Waals surface area (Å²) in [5, 5.41) is 2.19. The molecule has 1 aromatic heterocycles. The number of hydrogen-bond donors (Lipinski definition) is 0. The maximum absolute atomic E-state index is 6.64. The van der Waals surface area contributed by atoms with Crippen molar-refractivity contribution in [2.24, 2.45) is 0 Å². The first-order chi connectivity index (χ1) is 12.1. The molecule has 1 aliphatic heterocycles. The third-order valence-electron chi connectivity index (χ3n) is 5.83. The van der Waals surface area contributed by atoms with Crippen molar-refractivity contribution in [1.82, 2.24) is 9.47 Å². The number of hydrogen-bond acceptors (Lipinski definition) is 1. The Morgan fingerprint density at radius 3 is 2.72 bits per heavy atom. The lowest BCUT2D eigenvalue weighted by Gasteiger charge is -2.31. The van der Waals surface area contributed by atoms with Crippen LogP contribution in [0.2, 0.25) is 5.02 Å².